The minimum absolute atomic E-state index is 0.0204. The summed E-state index contributed by atoms with van der Waals surface area (Å²) in [5.41, 5.74) is 1.60. The van der Waals surface area contributed by atoms with Crippen LogP contribution in [0.5, 0.6) is 0 Å². The monoisotopic (exact) mass is 254 g/mol. The third kappa shape index (κ3) is 1.19. The largest absolute Gasteiger partial charge is 0.289 e. The van der Waals surface area contributed by atoms with E-state index in [1.165, 1.54) is 11.3 Å². The van der Waals surface area contributed by atoms with Gasteiger partial charge in [0.1, 0.15) is 0 Å². The molecule has 0 fully saturated rings. The lowest BCUT2D eigenvalue weighted by Crippen LogP contribution is -1.98. The van der Waals surface area contributed by atoms with E-state index in [-0.39, 0.29) is 5.78 Å². The van der Waals surface area contributed by atoms with E-state index < -0.39 is 0 Å². The lowest BCUT2D eigenvalue weighted by Gasteiger charge is -2.08. The molecule has 0 aliphatic heterocycles. The fourth-order valence-electron chi connectivity index (χ4n) is 1.77. The van der Waals surface area contributed by atoms with Gasteiger partial charge in [-0.1, -0.05) is 23.2 Å². The van der Waals surface area contributed by atoms with Crippen molar-refractivity contribution in [3.8, 4) is 0 Å². The molecule has 0 saturated carbocycles. The summed E-state index contributed by atoms with van der Waals surface area (Å²) in [6.45, 7) is 0. The average molecular weight is 255 g/mol. The highest BCUT2D eigenvalue weighted by Crippen LogP contribution is 2.41. The molecule has 0 N–H and O–H groups in total. The normalized spacial score (nSPS) is 13.9. The Morgan fingerprint density at radius 2 is 1.93 bits per heavy atom. The van der Waals surface area contributed by atoms with Crippen LogP contribution in [-0.4, -0.2) is 5.78 Å². The molecule has 1 aromatic heterocycles. The van der Waals surface area contributed by atoms with E-state index in [1.54, 1.807) is 18.2 Å². The Balaban J connectivity index is 2.59. The molecule has 3 rings (SSSR count). The Morgan fingerprint density at radius 1 is 1.13 bits per heavy atom. The van der Waals surface area contributed by atoms with Gasteiger partial charge < -0.3 is 0 Å². The molecule has 0 spiro atoms. The van der Waals surface area contributed by atoms with Gasteiger partial charge in [0.05, 0.1) is 14.7 Å². The van der Waals surface area contributed by atoms with Gasteiger partial charge in [-0.15, -0.1) is 11.3 Å². The molecule has 0 radical (unpaired) electrons. The average Bonchev–Trinajstić information content (AvgIpc) is 2.62. The molecule has 0 bridgehead atoms. The summed E-state index contributed by atoms with van der Waals surface area (Å²) >= 11 is 13.6. The van der Waals surface area contributed by atoms with Gasteiger partial charge >= 0.3 is 0 Å². The maximum absolute atomic E-state index is 11.6. The topological polar surface area (TPSA) is 17.1 Å². The van der Waals surface area contributed by atoms with Gasteiger partial charge in [0.25, 0.3) is 0 Å². The summed E-state index contributed by atoms with van der Waals surface area (Å²) in [6.07, 6.45) is 3.30. The number of carbonyl (C=O) groups excluding carboxylic acids is 1. The molecule has 0 amide bonds. The van der Waals surface area contributed by atoms with Crippen LogP contribution < -0.4 is 0 Å². The van der Waals surface area contributed by atoms with Crippen molar-refractivity contribution in [2.45, 2.75) is 0 Å². The molecule has 15 heavy (non-hydrogen) atoms. The molecule has 1 aliphatic rings. The van der Waals surface area contributed by atoms with E-state index in [0.717, 1.165) is 15.6 Å². The number of rotatable bonds is 0. The lowest BCUT2D eigenvalue weighted by molar-refractivity contribution is 0.104. The van der Waals surface area contributed by atoms with E-state index in [1.807, 2.05) is 5.38 Å². The van der Waals surface area contributed by atoms with Crippen molar-refractivity contribution in [3.63, 3.8) is 0 Å². The Labute approximate surface area is 99.9 Å². The van der Waals surface area contributed by atoms with E-state index >= 15 is 0 Å². The smallest absolute Gasteiger partial charge is 0.187 e. The summed E-state index contributed by atoms with van der Waals surface area (Å²) in [5, 5.41) is 3.93. The van der Waals surface area contributed by atoms with Crippen LogP contribution in [0.15, 0.2) is 17.5 Å². The Bertz CT molecular complexity index is 625. The first-order valence-electron chi connectivity index (χ1n) is 4.30. The lowest BCUT2D eigenvalue weighted by atomic mass is 9.98. The van der Waals surface area contributed by atoms with Crippen LogP contribution in [0.1, 0.15) is 15.9 Å². The number of halogens is 2. The van der Waals surface area contributed by atoms with Crippen LogP contribution >= 0.6 is 34.5 Å². The molecule has 1 aromatic carbocycles. The zero-order chi connectivity index (χ0) is 10.6. The first-order valence-corrected chi connectivity index (χ1v) is 5.93. The van der Waals surface area contributed by atoms with Gasteiger partial charge in [0.15, 0.2) is 5.78 Å². The molecule has 2 aromatic rings. The molecule has 1 heterocycles. The van der Waals surface area contributed by atoms with Gasteiger partial charge in [0.2, 0.25) is 0 Å². The summed E-state index contributed by atoms with van der Waals surface area (Å²) < 4.78 is 0.934. The van der Waals surface area contributed by atoms with Crippen LogP contribution in [0.3, 0.4) is 0 Å². The molecule has 74 valence electrons. The predicted molar refractivity (Wildman–Crippen MR) is 65.2 cm³/mol. The van der Waals surface area contributed by atoms with Gasteiger partial charge in [-0.3, -0.25) is 4.79 Å². The van der Waals surface area contributed by atoms with Crippen molar-refractivity contribution in [1.82, 2.24) is 0 Å². The zero-order valence-electron chi connectivity index (χ0n) is 7.38. The van der Waals surface area contributed by atoms with Gasteiger partial charge in [-0.05, 0) is 18.2 Å². The SMILES string of the molecule is O=C1C=Cc2c(Cl)cc(Cl)c3scc1c23. The van der Waals surface area contributed by atoms with Crippen LogP contribution in [0, 0.1) is 0 Å². The highest BCUT2D eigenvalue weighted by Gasteiger charge is 2.20. The molecule has 1 nitrogen and oxygen atoms in total. The fourth-order valence-corrected chi connectivity index (χ4v) is 3.41. The molecule has 0 atom stereocenters. The third-order valence-corrected chi connectivity index (χ3v) is 4.19. The molecular formula is C11H4Cl2OS. The molecule has 0 saturated heterocycles. The second-order valence-electron chi connectivity index (χ2n) is 3.30. The maximum Gasteiger partial charge on any atom is 0.187 e. The minimum atomic E-state index is 0.0204. The maximum atomic E-state index is 11.6. The number of ketones is 1. The van der Waals surface area contributed by atoms with Crippen molar-refractivity contribution in [2.75, 3.05) is 0 Å². The highest BCUT2D eigenvalue weighted by atomic mass is 35.5. The van der Waals surface area contributed by atoms with Crippen molar-refractivity contribution < 1.29 is 4.79 Å². The molecule has 4 heteroatoms. The number of allylic oxidation sites excluding steroid dienone is 1. The van der Waals surface area contributed by atoms with Gasteiger partial charge in [0, 0.05) is 21.9 Å². The van der Waals surface area contributed by atoms with Crippen LogP contribution in [-0.2, 0) is 0 Å². The number of hydrogen-bond acceptors (Lipinski definition) is 2. The van der Waals surface area contributed by atoms with E-state index in [4.69, 9.17) is 23.2 Å². The zero-order valence-corrected chi connectivity index (χ0v) is 9.71. The Morgan fingerprint density at radius 3 is 2.73 bits per heavy atom. The van der Waals surface area contributed by atoms with Crippen LogP contribution in [0.4, 0.5) is 0 Å². The number of thiophene rings is 1. The number of hydrogen-bond donors (Lipinski definition) is 0. The summed E-state index contributed by atoms with van der Waals surface area (Å²) in [5.74, 6) is 0.0204. The van der Waals surface area contributed by atoms with E-state index in [9.17, 15) is 4.79 Å². The summed E-state index contributed by atoms with van der Waals surface area (Å²) in [7, 11) is 0. The third-order valence-electron chi connectivity index (χ3n) is 2.45. The first kappa shape index (κ1) is 9.40. The van der Waals surface area contributed by atoms with E-state index in [2.05, 4.69) is 0 Å². The second-order valence-corrected chi connectivity index (χ2v) is 5.00. The molecule has 1 aliphatic carbocycles. The Hall–Kier alpha value is -0.830. The van der Waals surface area contributed by atoms with Crippen molar-refractivity contribution >= 4 is 56.5 Å². The van der Waals surface area contributed by atoms with Crippen LogP contribution in [0.2, 0.25) is 10.0 Å². The number of carbonyl (C=O) groups is 1. The predicted octanol–water partition coefficient (Wildman–Crippen LogP) is 4.42. The van der Waals surface area contributed by atoms with Crippen molar-refractivity contribution in [3.05, 3.63) is 38.7 Å². The number of benzene rings is 1. The van der Waals surface area contributed by atoms with Gasteiger partial charge in [-0.2, -0.15) is 0 Å². The quantitative estimate of drug-likeness (QED) is 0.681. The van der Waals surface area contributed by atoms with E-state index in [0.29, 0.717) is 15.6 Å². The standard InChI is InChI=1S/C11H4Cl2OS/c12-7-3-8(13)11-10-5(7)1-2-9(14)6(10)4-15-11/h1-4H. The molecular weight excluding hydrogens is 251 g/mol. The van der Waals surface area contributed by atoms with Crippen LogP contribution in [0.25, 0.3) is 16.2 Å². The minimum Gasteiger partial charge on any atom is -0.289 e. The first-order chi connectivity index (χ1) is 7.18. The highest BCUT2D eigenvalue weighted by molar-refractivity contribution is 7.18. The summed E-state index contributed by atoms with van der Waals surface area (Å²) in [4.78, 5) is 11.6. The molecule has 0 unspecified atom stereocenters. The van der Waals surface area contributed by atoms with Crippen molar-refractivity contribution in [1.29, 1.82) is 0 Å². The fraction of sp³-hybridized carbons (Fsp3) is 0. The second kappa shape index (κ2) is 3.08. The van der Waals surface area contributed by atoms with Crippen molar-refractivity contribution in [2.24, 2.45) is 0 Å². The Kier molecular flexibility index (Phi) is 1.93. The summed E-state index contributed by atoms with van der Waals surface area (Å²) in [6, 6.07) is 1.72. The van der Waals surface area contributed by atoms with Gasteiger partial charge in [-0.25, -0.2) is 0 Å².